The van der Waals surface area contributed by atoms with Gasteiger partial charge in [-0.05, 0) is 38.1 Å². The summed E-state index contributed by atoms with van der Waals surface area (Å²) in [7, 11) is 1.62. The maximum absolute atomic E-state index is 12.1. The Morgan fingerprint density at radius 2 is 2.10 bits per heavy atom. The van der Waals surface area contributed by atoms with Gasteiger partial charge in [0.2, 0.25) is 5.91 Å². The molecule has 1 amide bonds. The Balaban J connectivity index is 1.91. The van der Waals surface area contributed by atoms with Crippen molar-refractivity contribution in [3.05, 3.63) is 24.3 Å². The molecule has 1 aliphatic heterocycles. The minimum absolute atomic E-state index is 0.00913. The first-order chi connectivity index (χ1) is 9.51. The Morgan fingerprint density at radius 1 is 1.40 bits per heavy atom. The summed E-state index contributed by atoms with van der Waals surface area (Å²) in [4.78, 5) is 14.2. The van der Waals surface area contributed by atoms with Crippen molar-refractivity contribution in [3.63, 3.8) is 0 Å². The van der Waals surface area contributed by atoms with E-state index in [-0.39, 0.29) is 11.4 Å². The highest BCUT2D eigenvalue weighted by Gasteiger charge is 2.31. The van der Waals surface area contributed by atoms with Gasteiger partial charge in [0.05, 0.1) is 26.9 Å². The predicted octanol–water partition coefficient (Wildman–Crippen LogP) is 1.74. The highest BCUT2D eigenvalue weighted by Crippen LogP contribution is 2.19. The molecule has 1 aromatic carbocycles. The van der Waals surface area contributed by atoms with E-state index < -0.39 is 0 Å². The monoisotopic (exact) mass is 278 g/mol. The average Bonchev–Trinajstić information content (AvgIpc) is 2.42. The molecule has 0 aliphatic carbocycles. The van der Waals surface area contributed by atoms with Gasteiger partial charge in [0.15, 0.2) is 0 Å². The zero-order valence-corrected chi connectivity index (χ0v) is 12.3. The standard InChI is InChI=1S/C15H22N2O3/c1-15(2)11-20-9-8-17(15)10-14(18)16-12-4-6-13(19-3)7-5-12/h4-7H,8-11H2,1-3H3,(H,16,18). The summed E-state index contributed by atoms with van der Waals surface area (Å²) < 4.78 is 10.5. The Kier molecular flexibility index (Phi) is 4.62. The van der Waals surface area contributed by atoms with E-state index in [1.165, 1.54) is 0 Å². The summed E-state index contributed by atoms with van der Waals surface area (Å²) in [6.45, 7) is 6.67. The zero-order chi connectivity index (χ0) is 14.6. The van der Waals surface area contributed by atoms with Crippen molar-refractivity contribution in [1.29, 1.82) is 0 Å². The first-order valence-corrected chi connectivity index (χ1v) is 6.78. The number of amides is 1. The number of benzene rings is 1. The fourth-order valence-electron chi connectivity index (χ4n) is 2.23. The summed E-state index contributed by atoms with van der Waals surface area (Å²) in [6, 6.07) is 7.32. The first kappa shape index (κ1) is 14.8. The van der Waals surface area contributed by atoms with Gasteiger partial charge in [0.1, 0.15) is 5.75 Å². The van der Waals surface area contributed by atoms with Crippen LogP contribution in [-0.4, -0.2) is 49.8 Å². The van der Waals surface area contributed by atoms with Gasteiger partial charge in [-0.15, -0.1) is 0 Å². The molecule has 1 heterocycles. The number of methoxy groups -OCH3 is 1. The summed E-state index contributed by atoms with van der Waals surface area (Å²) in [6.07, 6.45) is 0. The van der Waals surface area contributed by atoms with Crippen LogP contribution in [0.1, 0.15) is 13.8 Å². The van der Waals surface area contributed by atoms with Crippen molar-refractivity contribution in [2.45, 2.75) is 19.4 Å². The lowest BCUT2D eigenvalue weighted by Crippen LogP contribution is -2.55. The maximum Gasteiger partial charge on any atom is 0.238 e. The number of carbonyl (C=O) groups is 1. The molecular formula is C15H22N2O3. The van der Waals surface area contributed by atoms with Gasteiger partial charge < -0.3 is 14.8 Å². The number of hydrogen-bond donors (Lipinski definition) is 1. The predicted molar refractivity (Wildman–Crippen MR) is 78.1 cm³/mol. The number of carbonyl (C=O) groups excluding carboxylic acids is 1. The smallest absolute Gasteiger partial charge is 0.238 e. The lowest BCUT2D eigenvalue weighted by molar-refractivity contribution is -0.122. The number of rotatable bonds is 4. The molecular weight excluding hydrogens is 256 g/mol. The molecule has 110 valence electrons. The molecule has 1 N–H and O–H groups in total. The third kappa shape index (κ3) is 3.71. The number of nitrogens with zero attached hydrogens (tertiary/aromatic N) is 1. The lowest BCUT2D eigenvalue weighted by Gasteiger charge is -2.41. The fourth-order valence-corrected chi connectivity index (χ4v) is 2.23. The highest BCUT2D eigenvalue weighted by atomic mass is 16.5. The van der Waals surface area contributed by atoms with Gasteiger partial charge in [-0.25, -0.2) is 0 Å². The van der Waals surface area contributed by atoms with Crippen molar-refractivity contribution in [2.75, 3.05) is 38.7 Å². The van der Waals surface area contributed by atoms with Crippen LogP contribution in [0.5, 0.6) is 5.75 Å². The number of nitrogens with one attached hydrogen (secondary N) is 1. The highest BCUT2D eigenvalue weighted by molar-refractivity contribution is 5.92. The molecule has 0 aromatic heterocycles. The molecule has 5 heteroatoms. The van der Waals surface area contributed by atoms with Crippen LogP contribution in [0.15, 0.2) is 24.3 Å². The molecule has 0 saturated carbocycles. The van der Waals surface area contributed by atoms with Gasteiger partial charge in [-0.1, -0.05) is 0 Å². The molecule has 1 aliphatic rings. The molecule has 5 nitrogen and oxygen atoms in total. The molecule has 0 spiro atoms. The third-order valence-corrected chi connectivity index (χ3v) is 3.53. The molecule has 1 aromatic rings. The van der Waals surface area contributed by atoms with Crippen LogP contribution >= 0.6 is 0 Å². The second kappa shape index (κ2) is 6.24. The van der Waals surface area contributed by atoms with Crippen LogP contribution in [0, 0.1) is 0 Å². The van der Waals surface area contributed by atoms with Crippen LogP contribution in [0.2, 0.25) is 0 Å². The van der Waals surface area contributed by atoms with Gasteiger partial charge >= 0.3 is 0 Å². The molecule has 1 fully saturated rings. The van der Waals surface area contributed by atoms with E-state index in [4.69, 9.17) is 9.47 Å². The third-order valence-electron chi connectivity index (χ3n) is 3.53. The van der Waals surface area contributed by atoms with E-state index in [1.54, 1.807) is 7.11 Å². The van der Waals surface area contributed by atoms with Crippen molar-refractivity contribution in [2.24, 2.45) is 0 Å². The largest absolute Gasteiger partial charge is 0.497 e. The molecule has 0 unspecified atom stereocenters. The Bertz CT molecular complexity index is 457. The Hall–Kier alpha value is -1.59. The molecule has 0 atom stereocenters. The number of ether oxygens (including phenoxy) is 2. The van der Waals surface area contributed by atoms with Gasteiger partial charge in [0, 0.05) is 17.8 Å². The second-order valence-electron chi connectivity index (χ2n) is 5.56. The van der Waals surface area contributed by atoms with Crippen LogP contribution in [0.25, 0.3) is 0 Å². The van der Waals surface area contributed by atoms with Gasteiger partial charge in [-0.2, -0.15) is 0 Å². The quantitative estimate of drug-likeness (QED) is 0.911. The van der Waals surface area contributed by atoms with Crippen LogP contribution in [0.3, 0.4) is 0 Å². The number of morpholine rings is 1. The SMILES string of the molecule is COc1ccc(NC(=O)CN2CCOCC2(C)C)cc1. The lowest BCUT2D eigenvalue weighted by atomic mass is 10.0. The minimum atomic E-state index is -0.102. The Morgan fingerprint density at radius 3 is 2.70 bits per heavy atom. The molecule has 20 heavy (non-hydrogen) atoms. The van der Waals surface area contributed by atoms with E-state index in [9.17, 15) is 4.79 Å². The summed E-state index contributed by atoms with van der Waals surface area (Å²) in [5, 5.41) is 2.90. The van der Waals surface area contributed by atoms with Crippen molar-refractivity contribution in [3.8, 4) is 5.75 Å². The van der Waals surface area contributed by atoms with Crippen molar-refractivity contribution >= 4 is 11.6 Å². The van der Waals surface area contributed by atoms with E-state index in [0.717, 1.165) is 18.0 Å². The van der Waals surface area contributed by atoms with E-state index in [2.05, 4.69) is 24.1 Å². The Labute approximate surface area is 119 Å². The van der Waals surface area contributed by atoms with Crippen molar-refractivity contribution < 1.29 is 14.3 Å². The first-order valence-electron chi connectivity index (χ1n) is 6.78. The van der Waals surface area contributed by atoms with Crippen LogP contribution < -0.4 is 10.1 Å². The zero-order valence-electron chi connectivity index (χ0n) is 12.3. The van der Waals surface area contributed by atoms with Crippen LogP contribution in [-0.2, 0) is 9.53 Å². The molecule has 0 radical (unpaired) electrons. The van der Waals surface area contributed by atoms with E-state index in [1.807, 2.05) is 24.3 Å². The minimum Gasteiger partial charge on any atom is -0.497 e. The normalized spacial score (nSPS) is 18.6. The second-order valence-corrected chi connectivity index (χ2v) is 5.56. The molecule has 1 saturated heterocycles. The maximum atomic E-state index is 12.1. The number of anilines is 1. The van der Waals surface area contributed by atoms with Gasteiger partial charge in [0.25, 0.3) is 0 Å². The number of hydrogen-bond acceptors (Lipinski definition) is 4. The molecule has 0 bridgehead atoms. The van der Waals surface area contributed by atoms with Crippen molar-refractivity contribution in [1.82, 2.24) is 4.90 Å². The fraction of sp³-hybridized carbons (Fsp3) is 0.533. The summed E-state index contributed by atoms with van der Waals surface area (Å²) in [5.41, 5.74) is 0.678. The molecule has 2 rings (SSSR count). The van der Waals surface area contributed by atoms with Gasteiger partial charge in [-0.3, -0.25) is 9.69 Å². The average molecular weight is 278 g/mol. The topological polar surface area (TPSA) is 50.8 Å². The summed E-state index contributed by atoms with van der Waals surface area (Å²) >= 11 is 0. The van der Waals surface area contributed by atoms with E-state index in [0.29, 0.717) is 19.8 Å². The van der Waals surface area contributed by atoms with E-state index >= 15 is 0 Å². The summed E-state index contributed by atoms with van der Waals surface area (Å²) in [5.74, 6) is 0.766. The van der Waals surface area contributed by atoms with Crippen LogP contribution in [0.4, 0.5) is 5.69 Å².